The standard InChI is InChI=1S/C21H33BrN4O2/c1-12-8-16(13(2)14(3)21(12,4)5)25-17-10-24-26(20(28)19(17)22)11-18(27)23-9-15-6-7-15/h10,12-16,25H,6-9,11H2,1-5H3,(H,23,27)/t12-,13+,14+,16+/m0/s1. The zero-order valence-corrected chi connectivity index (χ0v) is 19.2. The summed E-state index contributed by atoms with van der Waals surface area (Å²) in [5, 5.41) is 10.6. The number of halogens is 1. The van der Waals surface area contributed by atoms with Gasteiger partial charge in [0.2, 0.25) is 5.91 Å². The lowest BCUT2D eigenvalue weighted by Crippen LogP contribution is -2.48. The zero-order valence-electron chi connectivity index (χ0n) is 17.6. The fourth-order valence-electron chi connectivity index (χ4n) is 4.21. The summed E-state index contributed by atoms with van der Waals surface area (Å²) in [4.78, 5) is 24.7. The lowest BCUT2D eigenvalue weighted by Gasteiger charge is -2.50. The molecule has 7 heteroatoms. The number of amides is 1. The minimum absolute atomic E-state index is 0.0491. The van der Waals surface area contributed by atoms with Gasteiger partial charge in [-0.25, -0.2) is 4.68 Å². The summed E-state index contributed by atoms with van der Waals surface area (Å²) in [6.45, 7) is 12.3. The van der Waals surface area contributed by atoms with Crippen molar-refractivity contribution in [3.05, 3.63) is 21.0 Å². The molecule has 1 aromatic heterocycles. The average molecular weight is 453 g/mol. The van der Waals surface area contributed by atoms with Crippen LogP contribution in [0.25, 0.3) is 0 Å². The van der Waals surface area contributed by atoms with Gasteiger partial charge >= 0.3 is 0 Å². The lowest BCUT2D eigenvalue weighted by atomic mass is 9.58. The quantitative estimate of drug-likeness (QED) is 0.690. The largest absolute Gasteiger partial charge is 0.380 e. The number of rotatable bonds is 6. The van der Waals surface area contributed by atoms with Crippen LogP contribution < -0.4 is 16.2 Å². The fourth-order valence-corrected chi connectivity index (χ4v) is 4.64. The highest BCUT2D eigenvalue weighted by atomic mass is 79.9. The topological polar surface area (TPSA) is 76.0 Å². The number of nitrogens with zero attached hydrogens (tertiary/aromatic N) is 2. The van der Waals surface area contributed by atoms with E-state index in [4.69, 9.17) is 0 Å². The predicted octanol–water partition coefficient (Wildman–Crippen LogP) is 3.65. The van der Waals surface area contributed by atoms with E-state index in [1.165, 1.54) is 17.5 Å². The van der Waals surface area contributed by atoms with E-state index < -0.39 is 0 Å². The Morgan fingerprint density at radius 3 is 2.64 bits per heavy atom. The van der Waals surface area contributed by atoms with Gasteiger partial charge in [0.25, 0.3) is 5.56 Å². The summed E-state index contributed by atoms with van der Waals surface area (Å²) >= 11 is 3.43. The molecule has 0 spiro atoms. The number of nitrogens with one attached hydrogen (secondary N) is 2. The Labute approximate surface area is 176 Å². The summed E-state index contributed by atoms with van der Waals surface area (Å²) in [5.41, 5.74) is 0.719. The molecule has 1 heterocycles. The molecule has 0 aromatic carbocycles. The molecule has 6 nitrogen and oxygen atoms in total. The van der Waals surface area contributed by atoms with Crippen molar-refractivity contribution in [1.82, 2.24) is 15.1 Å². The molecule has 28 heavy (non-hydrogen) atoms. The monoisotopic (exact) mass is 452 g/mol. The Hall–Kier alpha value is -1.37. The maximum atomic E-state index is 12.7. The van der Waals surface area contributed by atoms with Crippen molar-refractivity contribution in [2.24, 2.45) is 29.1 Å². The van der Waals surface area contributed by atoms with Crippen LogP contribution in [0.15, 0.2) is 15.5 Å². The number of aromatic nitrogens is 2. The third kappa shape index (κ3) is 4.44. The van der Waals surface area contributed by atoms with Crippen LogP contribution in [0.1, 0.15) is 53.9 Å². The number of hydrogen-bond donors (Lipinski definition) is 2. The Morgan fingerprint density at radius 1 is 1.32 bits per heavy atom. The van der Waals surface area contributed by atoms with Crippen LogP contribution >= 0.6 is 15.9 Å². The molecule has 1 amide bonds. The molecule has 2 aliphatic carbocycles. The van der Waals surface area contributed by atoms with E-state index in [0.717, 1.165) is 6.42 Å². The zero-order chi connectivity index (χ0) is 20.6. The van der Waals surface area contributed by atoms with Crippen molar-refractivity contribution >= 4 is 27.5 Å². The van der Waals surface area contributed by atoms with E-state index in [-0.39, 0.29) is 24.1 Å². The molecular weight excluding hydrogens is 420 g/mol. The first-order valence-electron chi connectivity index (χ1n) is 10.4. The molecule has 1 aromatic rings. The van der Waals surface area contributed by atoms with Crippen molar-refractivity contribution in [2.45, 2.75) is 66.5 Å². The Kier molecular flexibility index (Phi) is 6.23. The van der Waals surface area contributed by atoms with Crippen LogP contribution in [0.5, 0.6) is 0 Å². The molecule has 0 unspecified atom stereocenters. The van der Waals surface area contributed by atoms with Crippen molar-refractivity contribution in [1.29, 1.82) is 0 Å². The number of hydrogen-bond acceptors (Lipinski definition) is 4. The molecule has 0 saturated heterocycles. The minimum atomic E-state index is -0.281. The van der Waals surface area contributed by atoms with E-state index >= 15 is 0 Å². The van der Waals surface area contributed by atoms with Gasteiger partial charge in [-0.3, -0.25) is 9.59 Å². The molecule has 3 rings (SSSR count). The third-order valence-electron chi connectivity index (χ3n) is 7.38. The van der Waals surface area contributed by atoms with Crippen LogP contribution in [-0.4, -0.2) is 28.3 Å². The Bertz CT molecular complexity index is 787. The van der Waals surface area contributed by atoms with Gasteiger partial charge in [-0.1, -0.05) is 34.6 Å². The maximum absolute atomic E-state index is 12.7. The van der Waals surface area contributed by atoms with Crippen LogP contribution in [0.4, 0.5) is 5.69 Å². The Morgan fingerprint density at radius 2 is 2.00 bits per heavy atom. The summed E-state index contributed by atoms with van der Waals surface area (Å²) < 4.78 is 1.66. The smallest absolute Gasteiger partial charge is 0.283 e. The summed E-state index contributed by atoms with van der Waals surface area (Å²) in [7, 11) is 0. The highest BCUT2D eigenvalue weighted by Crippen LogP contribution is 2.48. The first kappa shape index (κ1) is 21.3. The second-order valence-corrected chi connectivity index (χ2v) is 10.2. The van der Waals surface area contributed by atoms with Crippen molar-refractivity contribution in [3.63, 3.8) is 0 Å². The molecule has 2 aliphatic rings. The first-order chi connectivity index (χ1) is 13.1. The van der Waals surface area contributed by atoms with Crippen molar-refractivity contribution in [2.75, 3.05) is 11.9 Å². The summed E-state index contributed by atoms with van der Waals surface area (Å²) in [6.07, 6.45) is 5.07. The van der Waals surface area contributed by atoms with Gasteiger partial charge < -0.3 is 10.6 Å². The molecule has 156 valence electrons. The molecule has 0 aliphatic heterocycles. The van der Waals surface area contributed by atoms with Crippen molar-refractivity contribution < 1.29 is 4.79 Å². The van der Waals surface area contributed by atoms with Gasteiger partial charge in [-0.05, 0) is 64.3 Å². The minimum Gasteiger partial charge on any atom is -0.380 e. The first-order valence-corrected chi connectivity index (χ1v) is 11.2. The molecule has 0 radical (unpaired) electrons. The molecule has 2 saturated carbocycles. The second kappa shape index (κ2) is 8.17. The van der Waals surface area contributed by atoms with Gasteiger partial charge in [0, 0.05) is 12.6 Å². The van der Waals surface area contributed by atoms with Crippen LogP contribution in [-0.2, 0) is 11.3 Å². The van der Waals surface area contributed by atoms with E-state index in [2.05, 4.69) is 66.3 Å². The van der Waals surface area contributed by atoms with Crippen LogP contribution in [0, 0.1) is 29.1 Å². The van der Waals surface area contributed by atoms with E-state index in [1.807, 2.05) is 0 Å². The van der Waals surface area contributed by atoms with Crippen LogP contribution in [0.2, 0.25) is 0 Å². The average Bonchev–Trinajstić information content (AvgIpc) is 3.47. The summed E-state index contributed by atoms with van der Waals surface area (Å²) in [5.74, 6) is 2.07. The molecule has 2 N–H and O–H groups in total. The van der Waals surface area contributed by atoms with E-state index in [9.17, 15) is 9.59 Å². The highest BCUT2D eigenvalue weighted by molar-refractivity contribution is 9.10. The summed E-state index contributed by atoms with van der Waals surface area (Å²) in [6, 6.07) is 0.285. The molecule has 2 fully saturated rings. The van der Waals surface area contributed by atoms with E-state index in [1.54, 1.807) is 6.20 Å². The lowest BCUT2D eigenvalue weighted by molar-refractivity contribution is -0.122. The van der Waals surface area contributed by atoms with Gasteiger partial charge in [0.1, 0.15) is 11.0 Å². The van der Waals surface area contributed by atoms with Gasteiger partial charge in [0.15, 0.2) is 0 Å². The highest BCUT2D eigenvalue weighted by Gasteiger charge is 2.43. The van der Waals surface area contributed by atoms with Gasteiger partial charge in [-0.15, -0.1) is 0 Å². The van der Waals surface area contributed by atoms with Gasteiger partial charge in [-0.2, -0.15) is 5.10 Å². The fraction of sp³-hybridized carbons (Fsp3) is 0.762. The second-order valence-electron chi connectivity index (χ2n) is 9.44. The SMILES string of the molecule is C[C@@H]1[C@@H](C)C(C)(C)[C@@H](C)C[C@H]1Nc1cnn(CC(=O)NCC2CC2)c(=O)c1Br. The maximum Gasteiger partial charge on any atom is 0.283 e. The molecular formula is C21H33BrN4O2. The number of carbonyl (C=O) groups is 1. The van der Waals surface area contributed by atoms with Gasteiger partial charge in [0.05, 0.1) is 11.9 Å². The number of carbonyl (C=O) groups excluding carboxylic acids is 1. The van der Waals surface area contributed by atoms with E-state index in [0.29, 0.717) is 45.8 Å². The third-order valence-corrected chi connectivity index (χ3v) is 8.14. The molecule has 0 bridgehead atoms. The normalized spacial score (nSPS) is 29.4. The molecule has 4 atom stereocenters. The Balaban J connectivity index is 1.68. The van der Waals surface area contributed by atoms with Crippen molar-refractivity contribution in [3.8, 4) is 0 Å². The number of anilines is 1. The van der Waals surface area contributed by atoms with Crippen LogP contribution in [0.3, 0.4) is 0 Å². The predicted molar refractivity (Wildman–Crippen MR) is 115 cm³/mol.